The zero-order chi connectivity index (χ0) is 28.9. The van der Waals surface area contributed by atoms with Gasteiger partial charge in [-0.1, -0.05) is 58.6 Å². The molecule has 0 heterocycles. The first-order valence-electron chi connectivity index (χ1n) is 16.3. The summed E-state index contributed by atoms with van der Waals surface area (Å²) >= 11 is 0. The van der Waals surface area contributed by atoms with E-state index in [1.165, 1.54) is 89.9 Å². The van der Waals surface area contributed by atoms with Crippen molar-refractivity contribution >= 4 is 11.9 Å². The Morgan fingerprint density at radius 3 is 1.48 bits per heavy atom. The minimum absolute atomic E-state index is 0.0173. The minimum Gasteiger partial charge on any atom is -0.462 e. The lowest BCUT2D eigenvalue weighted by Gasteiger charge is -2.42. The van der Waals surface area contributed by atoms with Crippen LogP contribution in [-0.2, 0) is 19.1 Å². The summed E-state index contributed by atoms with van der Waals surface area (Å²) in [6, 6.07) is 0. The number of esters is 2. The number of carbonyl (C=O) groups excluding carboxylic acids is 2. The van der Waals surface area contributed by atoms with Crippen molar-refractivity contribution in [3.05, 3.63) is 24.3 Å². The van der Waals surface area contributed by atoms with Crippen LogP contribution in [0.25, 0.3) is 0 Å². The van der Waals surface area contributed by atoms with Gasteiger partial charge in [0.15, 0.2) is 0 Å². The van der Waals surface area contributed by atoms with Gasteiger partial charge in [-0.05, 0) is 99.7 Å². The van der Waals surface area contributed by atoms with E-state index in [0.29, 0.717) is 5.92 Å². The second-order valence-electron chi connectivity index (χ2n) is 13.1. The molecule has 0 saturated heterocycles. The zero-order valence-corrected chi connectivity index (χ0v) is 25.1. The van der Waals surface area contributed by atoms with E-state index in [0.717, 1.165) is 42.4 Å². The Hall–Kier alpha value is -1.66. The Kier molecular flexibility index (Phi) is 14.2. The summed E-state index contributed by atoms with van der Waals surface area (Å²) in [6.45, 7) is 8.73. The second kappa shape index (κ2) is 17.3. The standard InChI is InChI=1S/C34H56O6/c1-4-5-6-7-26-8-10-27(11-9-26)28-12-14-29(15-13-28)30-16-18-31(19-17-30)32(22-39-33(37)24(2)20-35)23-40-34(38)25(3)21-36/h26-32,35-36H,2-23H2,1H3. The van der Waals surface area contributed by atoms with Gasteiger partial charge in [0.25, 0.3) is 0 Å². The van der Waals surface area contributed by atoms with Crippen LogP contribution in [0.4, 0.5) is 0 Å². The van der Waals surface area contributed by atoms with Crippen molar-refractivity contribution in [3.8, 4) is 0 Å². The monoisotopic (exact) mass is 560 g/mol. The van der Waals surface area contributed by atoms with E-state index in [1.54, 1.807) is 0 Å². The molecule has 0 amide bonds. The van der Waals surface area contributed by atoms with Crippen molar-refractivity contribution < 1.29 is 29.3 Å². The number of hydrogen-bond acceptors (Lipinski definition) is 6. The van der Waals surface area contributed by atoms with Gasteiger partial charge in [-0.2, -0.15) is 0 Å². The normalized spacial score (nSPS) is 29.1. The van der Waals surface area contributed by atoms with Crippen LogP contribution in [0.15, 0.2) is 24.3 Å². The Balaban J connectivity index is 1.42. The second-order valence-corrected chi connectivity index (χ2v) is 13.1. The molecule has 228 valence electrons. The summed E-state index contributed by atoms with van der Waals surface area (Å²) in [7, 11) is 0. The van der Waals surface area contributed by atoms with Crippen LogP contribution in [-0.4, -0.2) is 48.6 Å². The van der Waals surface area contributed by atoms with Gasteiger partial charge in [-0.25, -0.2) is 9.59 Å². The predicted octanol–water partition coefficient (Wildman–Crippen LogP) is 6.79. The van der Waals surface area contributed by atoms with Gasteiger partial charge < -0.3 is 19.7 Å². The van der Waals surface area contributed by atoms with Crippen LogP contribution in [0.1, 0.15) is 110 Å². The SMILES string of the molecule is C=C(CO)C(=O)OCC(COC(=O)C(=C)CO)C1CCC(C2CCC(C3CCC(CCCCC)CC3)CC2)CC1. The third kappa shape index (κ3) is 10.0. The quantitative estimate of drug-likeness (QED) is 0.130. The molecule has 0 aromatic heterocycles. The lowest BCUT2D eigenvalue weighted by Crippen LogP contribution is -2.34. The van der Waals surface area contributed by atoms with Crippen molar-refractivity contribution in [1.29, 1.82) is 0 Å². The molecule has 3 rings (SSSR count). The van der Waals surface area contributed by atoms with Gasteiger partial charge in [-0.3, -0.25) is 0 Å². The van der Waals surface area contributed by atoms with Crippen LogP contribution in [0.2, 0.25) is 0 Å². The van der Waals surface area contributed by atoms with Gasteiger partial charge >= 0.3 is 11.9 Å². The molecule has 3 aliphatic rings. The van der Waals surface area contributed by atoms with Crippen LogP contribution in [0.3, 0.4) is 0 Å². The molecule has 3 aliphatic carbocycles. The van der Waals surface area contributed by atoms with E-state index >= 15 is 0 Å². The van der Waals surface area contributed by atoms with E-state index in [4.69, 9.17) is 9.47 Å². The molecule has 6 heteroatoms. The van der Waals surface area contributed by atoms with Crippen LogP contribution < -0.4 is 0 Å². The Bertz CT molecular complexity index is 765. The van der Waals surface area contributed by atoms with Crippen molar-refractivity contribution in [2.45, 2.75) is 110 Å². The predicted molar refractivity (Wildman–Crippen MR) is 158 cm³/mol. The molecule has 0 aromatic rings. The minimum atomic E-state index is -0.617. The number of carbonyl (C=O) groups is 2. The number of aliphatic hydroxyl groups excluding tert-OH is 2. The van der Waals surface area contributed by atoms with Gasteiger partial charge in [-0.15, -0.1) is 0 Å². The molecule has 0 spiro atoms. The van der Waals surface area contributed by atoms with E-state index in [1.807, 2.05) is 0 Å². The summed E-state index contributed by atoms with van der Waals surface area (Å²) < 4.78 is 10.8. The third-order valence-electron chi connectivity index (χ3n) is 10.6. The highest BCUT2D eigenvalue weighted by molar-refractivity contribution is 5.88. The first kappa shape index (κ1) is 32.8. The van der Waals surface area contributed by atoms with Crippen molar-refractivity contribution in [1.82, 2.24) is 0 Å². The number of rotatable bonds is 15. The lowest BCUT2D eigenvalue weighted by molar-refractivity contribution is -0.146. The summed E-state index contributed by atoms with van der Waals surface area (Å²) in [4.78, 5) is 24.2. The average Bonchev–Trinajstić information content (AvgIpc) is 3.00. The molecule has 40 heavy (non-hydrogen) atoms. The topological polar surface area (TPSA) is 93.1 Å². The smallest absolute Gasteiger partial charge is 0.335 e. The highest BCUT2D eigenvalue weighted by Crippen LogP contribution is 2.47. The fourth-order valence-electron chi connectivity index (χ4n) is 7.83. The molecule has 0 atom stereocenters. The third-order valence-corrected chi connectivity index (χ3v) is 10.6. The molecular formula is C34H56O6. The summed E-state index contributed by atoms with van der Waals surface area (Å²) in [6.07, 6.45) is 21.5. The number of unbranched alkanes of at least 4 members (excludes halogenated alkanes) is 2. The molecule has 6 nitrogen and oxygen atoms in total. The van der Waals surface area contributed by atoms with Crippen LogP contribution in [0, 0.1) is 41.4 Å². The Labute approximate surface area is 243 Å². The summed E-state index contributed by atoms with van der Waals surface area (Å²) in [5.74, 6) is 3.44. The first-order chi connectivity index (χ1) is 19.4. The maximum Gasteiger partial charge on any atom is 0.335 e. The van der Waals surface area contributed by atoms with Gasteiger partial charge in [0.1, 0.15) is 0 Å². The van der Waals surface area contributed by atoms with Gasteiger partial charge in [0.05, 0.1) is 37.6 Å². The maximum absolute atomic E-state index is 12.1. The fraction of sp³-hybridized carbons (Fsp3) is 0.824. The number of ether oxygens (including phenoxy) is 2. The average molecular weight is 561 g/mol. The Morgan fingerprint density at radius 2 is 1.07 bits per heavy atom. The molecule has 0 aliphatic heterocycles. The molecular weight excluding hydrogens is 504 g/mol. The highest BCUT2D eigenvalue weighted by atomic mass is 16.5. The molecule has 0 bridgehead atoms. The Morgan fingerprint density at radius 1 is 0.675 bits per heavy atom. The highest BCUT2D eigenvalue weighted by Gasteiger charge is 2.36. The molecule has 0 aromatic carbocycles. The fourth-order valence-corrected chi connectivity index (χ4v) is 7.83. The molecule has 3 fully saturated rings. The van der Waals surface area contributed by atoms with Crippen LogP contribution in [0.5, 0.6) is 0 Å². The van der Waals surface area contributed by atoms with E-state index in [9.17, 15) is 19.8 Å². The number of aliphatic hydroxyl groups is 2. The van der Waals surface area contributed by atoms with E-state index in [2.05, 4.69) is 20.1 Å². The van der Waals surface area contributed by atoms with E-state index in [-0.39, 0.29) is 30.3 Å². The zero-order valence-electron chi connectivity index (χ0n) is 25.1. The summed E-state index contributed by atoms with van der Waals surface area (Å²) in [5.41, 5.74) is 0.0347. The van der Waals surface area contributed by atoms with Crippen molar-refractivity contribution in [2.24, 2.45) is 41.4 Å². The number of hydrogen-bond donors (Lipinski definition) is 2. The first-order valence-corrected chi connectivity index (χ1v) is 16.3. The lowest BCUT2D eigenvalue weighted by atomic mass is 9.64. The van der Waals surface area contributed by atoms with Gasteiger partial charge in [0, 0.05) is 5.92 Å². The maximum atomic E-state index is 12.1. The molecule has 2 N–H and O–H groups in total. The summed E-state index contributed by atoms with van der Waals surface area (Å²) in [5, 5.41) is 18.3. The van der Waals surface area contributed by atoms with Crippen molar-refractivity contribution in [2.75, 3.05) is 26.4 Å². The van der Waals surface area contributed by atoms with Gasteiger partial charge in [0.2, 0.25) is 0 Å². The molecule has 0 unspecified atom stereocenters. The molecule has 0 radical (unpaired) electrons. The largest absolute Gasteiger partial charge is 0.462 e. The van der Waals surface area contributed by atoms with E-state index < -0.39 is 25.2 Å². The molecule has 3 saturated carbocycles. The van der Waals surface area contributed by atoms with Crippen LogP contribution >= 0.6 is 0 Å². The van der Waals surface area contributed by atoms with Crippen molar-refractivity contribution in [3.63, 3.8) is 0 Å².